The summed E-state index contributed by atoms with van der Waals surface area (Å²) in [6, 6.07) is 17.8. The van der Waals surface area contributed by atoms with Crippen molar-refractivity contribution in [3.05, 3.63) is 72.5 Å². The molecule has 0 saturated carbocycles. The SMILES string of the molecule is Bc1cc(Br)cc(P(=O)(c2cc(B)cc(Br)c2)c2cc(Br)cc(Br)c2)c1. The fourth-order valence-corrected chi connectivity index (χ4v) is 9.13. The molecule has 0 saturated heterocycles. The predicted octanol–water partition coefficient (Wildman–Crippen LogP) is 2.89. The van der Waals surface area contributed by atoms with Crippen LogP contribution in [-0.4, -0.2) is 15.7 Å². The second-order valence-corrected chi connectivity index (χ2v) is 12.6. The van der Waals surface area contributed by atoms with Crippen molar-refractivity contribution >= 4 is 113 Å². The van der Waals surface area contributed by atoms with Crippen LogP contribution in [0.15, 0.2) is 72.5 Å². The smallest absolute Gasteiger partial charge is 0.171 e. The van der Waals surface area contributed by atoms with Crippen LogP contribution in [0.4, 0.5) is 0 Å². The van der Waals surface area contributed by atoms with Gasteiger partial charge in [0.15, 0.2) is 7.14 Å². The third kappa shape index (κ3) is 4.33. The molecule has 3 rings (SSSR count). The van der Waals surface area contributed by atoms with Gasteiger partial charge < -0.3 is 4.57 Å². The Morgan fingerprint density at radius 2 is 0.846 bits per heavy atom. The molecule has 26 heavy (non-hydrogen) atoms. The first-order valence-corrected chi connectivity index (χ1v) is 12.7. The lowest BCUT2D eigenvalue weighted by Crippen LogP contribution is -2.29. The molecular formula is C18H13B2Br4OP. The van der Waals surface area contributed by atoms with Crippen molar-refractivity contribution in [1.82, 2.24) is 0 Å². The van der Waals surface area contributed by atoms with Crippen LogP contribution in [0.3, 0.4) is 0 Å². The Hall–Kier alpha value is -0.0601. The number of hydrogen-bond acceptors (Lipinski definition) is 1. The first-order valence-electron chi connectivity index (χ1n) is 7.81. The number of benzene rings is 3. The van der Waals surface area contributed by atoms with Crippen molar-refractivity contribution in [3.63, 3.8) is 0 Å². The summed E-state index contributed by atoms with van der Waals surface area (Å²) in [5.41, 5.74) is 2.13. The fraction of sp³-hybridized carbons (Fsp3) is 0. The molecule has 0 atom stereocenters. The van der Waals surface area contributed by atoms with Crippen LogP contribution < -0.4 is 26.8 Å². The van der Waals surface area contributed by atoms with E-state index in [-0.39, 0.29) is 0 Å². The molecule has 3 aromatic rings. The highest BCUT2D eigenvalue weighted by Crippen LogP contribution is 2.44. The van der Waals surface area contributed by atoms with Crippen LogP contribution in [0.2, 0.25) is 0 Å². The van der Waals surface area contributed by atoms with E-state index in [0.717, 1.165) is 44.7 Å². The summed E-state index contributed by atoms with van der Waals surface area (Å²) in [7, 11) is 0.973. The van der Waals surface area contributed by atoms with Crippen LogP contribution >= 0.6 is 70.9 Å². The van der Waals surface area contributed by atoms with Crippen molar-refractivity contribution in [2.24, 2.45) is 0 Å². The van der Waals surface area contributed by atoms with Gasteiger partial charge in [-0.05, 0) is 30.3 Å². The maximum absolute atomic E-state index is 14.6. The van der Waals surface area contributed by atoms with E-state index in [9.17, 15) is 4.57 Å². The minimum atomic E-state index is -3.06. The van der Waals surface area contributed by atoms with E-state index in [4.69, 9.17) is 0 Å². The Morgan fingerprint density at radius 1 is 0.538 bits per heavy atom. The molecule has 0 aliphatic heterocycles. The summed E-state index contributed by atoms with van der Waals surface area (Å²) in [5.74, 6) is 0. The van der Waals surface area contributed by atoms with Gasteiger partial charge in [-0.25, -0.2) is 0 Å². The molecule has 0 spiro atoms. The van der Waals surface area contributed by atoms with Gasteiger partial charge in [0.25, 0.3) is 0 Å². The molecule has 0 bridgehead atoms. The van der Waals surface area contributed by atoms with Gasteiger partial charge in [-0.15, -0.1) is 0 Å². The first kappa shape index (κ1) is 20.7. The maximum Gasteiger partial charge on any atom is 0.171 e. The molecule has 0 aliphatic carbocycles. The molecule has 8 heteroatoms. The topological polar surface area (TPSA) is 17.1 Å². The molecule has 0 N–H and O–H groups in total. The quantitative estimate of drug-likeness (QED) is 0.327. The Kier molecular flexibility index (Phi) is 6.46. The van der Waals surface area contributed by atoms with E-state index in [2.05, 4.69) is 63.7 Å². The van der Waals surface area contributed by atoms with E-state index >= 15 is 0 Å². The molecule has 0 fully saturated rings. The molecular weight excluding hydrogens is 604 g/mol. The zero-order chi connectivity index (χ0) is 19.1. The van der Waals surface area contributed by atoms with E-state index in [1.807, 2.05) is 70.3 Å². The van der Waals surface area contributed by atoms with Crippen LogP contribution in [0, 0.1) is 0 Å². The van der Waals surface area contributed by atoms with E-state index in [1.165, 1.54) is 0 Å². The molecule has 3 aromatic carbocycles. The van der Waals surface area contributed by atoms with Crippen molar-refractivity contribution in [2.45, 2.75) is 0 Å². The van der Waals surface area contributed by atoms with Gasteiger partial charge in [0.05, 0.1) is 0 Å². The zero-order valence-corrected chi connectivity index (χ0v) is 21.3. The van der Waals surface area contributed by atoms with Crippen molar-refractivity contribution in [1.29, 1.82) is 0 Å². The summed E-state index contributed by atoms with van der Waals surface area (Å²) in [6.07, 6.45) is 0. The van der Waals surface area contributed by atoms with Gasteiger partial charge in [0, 0.05) is 33.8 Å². The molecule has 130 valence electrons. The molecule has 0 unspecified atom stereocenters. The van der Waals surface area contributed by atoms with Crippen LogP contribution in [0.1, 0.15) is 0 Å². The number of hydrogen-bond donors (Lipinski definition) is 0. The van der Waals surface area contributed by atoms with Crippen molar-refractivity contribution in [3.8, 4) is 0 Å². The van der Waals surface area contributed by atoms with E-state index in [1.54, 1.807) is 0 Å². The molecule has 1 nitrogen and oxygen atoms in total. The van der Waals surface area contributed by atoms with Crippen LogP contribution in [-0.2, 0) is 4.57 Å². The van der Waals surface area contributed by atoms with Crippen LogP contribution in [0.5, 0.6) is 0 Å². The van der Waals surface area contributed by atoms with Crippen molar-refractivity contribution in [2.75, 3.05) is 0 Å². The van der Waals surface area contributed by atoms with Gasteiger partial charge in [-0.1, -0.05) is 98.9 Å². The lowest BCUT2D eigenvalue weighted by Gasteiger charge is -2.22. The molecule has 0 heterocycles. The Labute approximate surface area is 189 Å². The number of halogens is 4. The van der Waals surface area contributed by atoms with Gasteiger partial charge in [-0.2, -0.15) is 0 Å². The lowest BCUT2D eigenvalue weighted by atomic mass is 9.97. The second kappa shape index (κ2) is 8.13. The highest BCUT2D eigenvalue weighted by Gasteiger charge is 2.31. The third-order valence-electron chi connectivity index (χ3n) is 3.99. The summed E-state index contributed by atoms with van der Waals surface area (Å²) in [5, 5.41) is 2.41. The summed E-state index contributed by atoms with van der Waals surface area (Å²) in [6.45, 7) is 0. The average Bonchev–Trinajstić information content (AvgIpc) is 2.51. The minimum Gasteiger partial charge on any atom is -0.309 e. The zero-order valence-electron chi connectivity index (χ0n) is 14.1. The highest BCUT2D eigenvalue weighted by molar-refractivity contribution is 9.11. The normalized spacial score (nSPS) is 11.5. The lowest BCUT2D eigenvalue weighted by molar-refractivity contribution is 0.592. The van der Waals surface area contributed by atoms with E-state index < -0.39 is 7.14 Å². The standard InChI is InChI=1S/C18H13B2Br4OP/c19-10-1-12(21)6-16(3-10)26(25,17-4-11(20)2-13(22)7-17)18-8-14(23)5-15(24)9-18/h1-9H,19-20H2. The fourth-order valence-electron chi connectivity index (χ4n) is 2.97. The average molecular weight is 618 g/mol. The largest absolute Gasteiger partial charge is 0.309 e. The summed E-state index contributed by atoms with van der Waals surface area (Å²) >= 11 is 14.2. The van der Waals surface area contributed by atoms with Crippen LogP contribution in [0.25, 0.3) is 0 Å². The first-order chi connectivity index (χ1) is 12.2. The van der Waals surface area contributed by atoms with Crippen molar-refractivity contribution < 1.29 is 4.57 Å². The summed E-state index contributed by atoms with van der Waals surface area (Å²) in [4.78, 5) is 0. The molecule has 0 radical (unpaired) electrons. The molecule has 0 aromatic heterocycles. The number of rotatable bonds is 3. The highest BCUT2D eigenvalue weighted by atomic mass is 79.9. The Balaban J connectivity index is 2.40. The predicted molar refractivity (Wildman–Crippen MR) is 133 cm³/mol. The Bertz CT molecular complexity index is 863. The third-order valence-corrected chi connectivity index (χ3v) is 8.78. The molecule has 0 aliphatic rings. The van der Waals surface area contributed by atoms with Gasteiger partial charge in [0.1, 0.15) is 15.7 Å². The Morgan fingerprint density at radius 3 is 1.19 bits per heavy atom. The van der Waals surface area contributed by atoms with Gasteiger partial charge >= 0.3 is 0 Å². The summed E-state index contributed by atoms with van der Waals surface area (Å²) < 4.78 is 18.3. The maximum atomic E-state index is 14.6. The monoisotopic (exact) mass is 614 g/mol. The molecule has 0 amide bonds. The van der Waals surface area contributed by atoms with E-state index in [0.29, 0.717) is 0 Å². The minimum absolute atomic E-state index is 0.786. The van der Waals surface area contributed by atoms with Gasteiger partial charge in [-0.3, -0.25) is 0 Å². The van der Waals surface area contributed by atoms with Gasteiger partial charge in [0.2, 0.25) is 0 Å². The second-order valence-electron chi connectivity index (χ2n) is 6.21.